The highest BCUT2D eigenvalue weighted by atomic mass is 14.7. The van der Waals surface area contributed by atoms with Crippen LogP contribution in [0.1, 0.15) is 26.2 Å². The second kappa shape index (κ2) is 2.00. The zero-order chi connectivity index (χ0) is 6.91. The van der Waals surface area contributed by atoms with Crippen LogP contribution < -0.4 is 5.73 Å². The summed E-state index contributed by atoms with van der Waals surface area (Å²) in [5.74, 6) is 0. The molecule has 2 N–H and O–H groups in total. The Morgan fingerprint density at radius 3 is 2.44 bits per heavy atom. The predicted molar refractivity (Wildman–Crippen MR) is 35.5 cm³/mol. The molecule has 50 valence electrons. The molecule has 0 aromatic rings. The van der Waals surface area contributed by atoms with Gasteiger partial charge in [0.1, 0.15) is 0 Å². The SMILES string of the molecule is CCC1(C(N)C#N)CC1. The normalized spacial score (nSPS) is 24.6. The lowest BCUT2D eigenvalue weighted by Gasteiger charge is -2.12. The standard InChI is InChI=1S/C7H12N2/c1-2-7(3-4-7)6(9)5-8/h6H,2-4,9H2,1H3. The Hall–Kier alpha value is -0.550. The molecule has 2 heteroatoms. The molecule has 1 aliphatic rings. The molecule has 0 spiro atoms. The Morgan fingerprint density at radius 2 is 2.33 bits per heavy atom. The van der Waals surface area contributed by atoms with Crippen molar-refractivity contribution in [2.24, 2.45) is 11.1 Å². The summed E-state index contributed by atoms with van der Waals surface area (Å²) in [6.07, 6.45) is 3.36. The smallest absolute Gasteiger partial charge is 0.0984 e. The summed E-state index contributed by atoms with van der Waals surface area (Å²) >= 11 is 0. The molecule has 0 amide bonds. The molecular formula is C7H12N2. The van der Waals surface area contributed by atoms with Gasteiger partial charge in [-0.3, -0.25) is 0 Å². The minimum atomic E-state index is -0.220. The maximum atomic E-state index is 8.47. The number of nitriles is 1. The number of nitrogens with zero attached hydrogens (tertiary/aromatic N) is 1. The summed E-state index contributed by atoms with van der Waals surface area (Å²) in [5, 5.41) is 8.47. The van der Waals surface area contributed by atoms with Crippen LogP contribution in [0.25, 0.3) is 0 Å². The lowest BCUT2D eigenvalue weighted by molar-refractivity contribution is 0.444. The van der Waals surface area contributed by atoms with Gasteiger partial charge in [-0.2, -0.15) is 5.26 Å². The van der Waals surface area contributed by atoms with Crippen LogP contribution in [-0.2, 0) is 0 Å². The highest BCUT2D eigenvalue weighted by molar-refractivity contribution is 5.09. The first-order valence-corrected chi connectivity index (χ1v) is 3.40. The predicted octanol–water partition coefficient (Wildman–Crippen LogP) is 1.03. The average Bonchev–Trinajstić information content (AvgIpc) is 2.66. The third-order valence-electron chi connectivity index (χ3n) is 2.40. The molecule has 9 heavy (non-hydrogen) atoms. The van der Waals surface area contributed by atoms with Crippen molar-refractivity contribution in [2.75, 3.05) is 0 Å². The van der Waals surface area contributed by atoms with Gasteiger partial charge in [-0.05, 0) is 24.7 Å². The summed E-state index contributed by atoms with van der Waals surface area (Å²) in [5.41, 5.74) is 5.78. The van der Waals surface area contributed by atoms with E-state index >= 15 is 0 Å². The summed E-state index contributed by atoms with van der Waals surface area (Å²) in [6.45, 7) is 2.10. The van der Waals surface area contributed by atoms with Gasteiger partial charge < -0.3 is 5.73 Å². The molecule has 0 heterocycles. The van der Waals surface area contributed by atoms with Gasteiger partial charge in [0.05, 0.1) is 12.1 Å². The van der Waals surface area contributed by atoms with Crippen molar-refractivity contribution in [3.63, 3.8) is 0 Å². The van der Waals surface area contributed by atoms with Crippen LogP contribution in [0.3, 0.4) is 0 Å². The number of hydrogen-bond acceptors (Lipinski definition) is 2. The van der Waals surface area contributed by atoms with Crippen LogP contribution >= 0.6 is 0 Å². The monoisotopic (exact) mass is 124 g/mol. The van der Waals surface area contributed by atoms with Gasteiger partial charge in [0, 0.05) is 0 Å². The van der Waals surface area contributed by atoms with E-state index in [0.717, 1.165) is 19.3 Å². The molecule has 0 saturated heterocycles. The fourth-order valence-electron chi connectivity index (χ4n) is 1.18. The van der Waals surface area contributed by atoms with Gasteiger partial charge in [-0.1, -0.05) is 6.92 Å². The zero-order valence-electron chi connectivity index (χ0n) is 5.72. The molecule has 1 saturated carbocycles. The van der Waals surface area contributed by atoms with Crippen LogP contribution in [0.15, 0.2) is 0 Å². The molecule has 0 aromatic heterocycles. The molecule has 0 bridgehead atoms. The Morgan fingerprint density at radius 1 is 1.78 bits per heavy atom. The Labute approximate surface area is 55.7 Å². The van der Waals surface area contributed by atoms with E-state index in [-0.39, 0.29) is 11.5 Å². The van der Waals surface area contributed by atoms with Crippen LogP contribution in [0.4, 0.5) is 0 Å². The fourth-order valence-corrected chi connectivity index (χ4v) is 1.18. The number of hydrogen-bond donors (Lipinski definition) is 1. The van der Waals surface area contributed by atoms with Crippen molar-refractivity contribution < 1.29 is 0 Å². The summed E-state index contributed by atoms with van der Waals surface area (Å²) < 4.78 is 0. The average molecular weight is 124 g/mol. The lowest BCUT2D eigenvalue weighted by Crippen LogP contribution is -2.29. The van der Waals surface area contributed by atoms with Crippen molar-refractivity contribution in [1.82, 2.24) is 0 Å². The fraction of sp³-hybridized carbons (Fsp3) is 0.857. The topological polar surface area (TPSA) is 49.8 Å². The Balaban J connectivity index is 2.51. The highest BCUT2D eigenvalue weighted by Gasteiger charge is 2.46. The van der Waals surface area contributed by atoms with Crippen LogP contribution in [0.2, 0.25) is 0 Å². The number of nitrogens with two attached hydrogens (primary N) is 1. The lowest BCUT2D eigenvalue weighted by atomic mass is 9.95. The van der Waals surface area contributed by atoms with Crippen molar-refractivity contribution in [3.8, 4) is 6.07 Å². The second-order valence-corrected chi connectivity index (χ2v) is 2.82. The summed E-state index contributed by atoms with van der Waals surface area (Å²) in [4.78, 5) is 0. The third-order valence-corrected chi connectivity index (χ3v) is 2.40. The zero-order valence-corrected chi connectivity index (χ0v) is 5.72. The summed E-state index contributed by atoms with van der Waals surface area (Å²) in [6, 6.07) is 1.88. The Bertz CT molecular complexity index is 141. The van der Waals surface area contributed by atoms with E-state index in [1.54, 1.807) is 0 Å². The molecule has 0 aliphatic heterocycles. The molecule has 1 atom stereocenters. The van der Waals surface area contributed by atoms with Crippen molar-refractivity contribution in [3.05, 3.63) is 0 Å². The van der Waals surface area contributed by atoms with E-state index in [1.807, 2.05) is 0 Å². The van der Waals surface area contributed by atoms with Crippen molar-refractivity contribution >= 4 is 0 Å². The van der Waals surface area contributed by atoms with Crippen LogP contribution in [0, 0.1) is 16.7 Å². The maximum absolute atomic E-state index is 8.47. The largest absolute Gasteiger partial charge is 0.315 e. The molecular weight excluding hydrogens is 112 g/mol. The number of rotatable bonds is 2. The molecule has 1 fully saturated rings. The van der Waals surface area contributed by atoms with E-state index in [9.17, 15) is 0 Å². The Kier molecular flexibility index (Phi) is 1.46. The molecule has 1 unspecified atom stereocenters. The van der Waals surface area contributed by atoms with Crippen LogP contribution in [0.5, 0.6) is 0 Å². The van der Waals surface area contributed by atoms with Gasteiger partial charge >= 0.3 is 0 Å². The van der Waals surface area contributed by atoms with E-state index in [4.69, 9.17) is 11.0 Å². The van der Waals surface area contributed by atoms with Gasteiger partial charge in [0.15, 0.2) is 0 Å². The van der Waals surface area contributed by atoms with E-state index < -0.39 is 0 Å². The summed E-state index contributed by atoms with van der Waals surface area (Å²) in [7, 11) is 0. The molecule has 2 nitrogen and oxygen atoms in total. The quantitative estimate of drug-likeness (QED) is 0.597. The molecule has 0 radical (unpaired) electrons. The minimum Gasteiger partial charge on any atom is -0.315 e. The maximum Gasteiger partial charge on any atom is 0.0984 e. The van der Waals surface area contributed by atoms with E-state index in [0.29, 0.717) is 0 Å². The van der Waals surface area contributed by atoms with Crippen LogP contribution in [-0.4, -0.2) is 6.04 Å². The molecule has 1 aliphatic carbocycles. The first-order chi connectivity index (χ1) is 4.25. The van der Waals surface area contributed by atoms with Crippen molar-refractivity contribution in [1.29, 1.82) is 5.26 Å². The minimum absolute atomic E-state index is 0.217. The second-order valence-electron chi connectivity index (χ2n) is 2.82. The van der Waals surface area contributed by atoms with E-state index in [1.165, 1.54) is 0 Å². The first-order valence-electron chi connectivity index (χ1n) is 3.40. The van der Waals surface area contributed by atoms with Gasteiger partial charge in [-0.25, -0.2) is 0 Å². The van der Waals surface area contributed by atoms with Gasteiger partial charge in [0.2, 0.25) is 0 Å². The first kappa shape index (κ1) is 6.57. The molecule has 0 aromatic carbocycles. The van der Waals surface area contributed by atoms with Gasteiger partial charge in [-0.15, -0.1) is 0 Å². The van der Waals surface area contributed by atoms with Crippen molar-refractivity contribution in [2.45, 2.75) is 32.2 Å². The molecule has 1 rings (SSSR count). The highest BCUT2D eigenvalue weighted by Crippen LogP contribution is 2.50. The van der Waals surface area contributed by atoms with Gasteiger partial charge in [0.25, 0.3) is 0 Å². The van der Waals surface area contributed by atoms with E-state index in [2.05, 4.69) is 13.0 Å². The third kappa shape index (κ3) is 0.927.